The first-order chi connectivity index (χ1) is 13.2. The summed E-state index contributed by atoms with van der Waals surface area (Å²) in [5, 5.41) is 2.13. The highest BCUT2D eigenvalue weighted by Gasteiger charge is 2.30. The van der Waals surface area contributed by atoms with Gasteiger partial charge in [-0.05, 0) is 30.7 Å². The van der Waals surface area contributed by atoms with E-state index in [-0.39, 0.29) is 20.5 Å². The molecule has 146 valence electrons. The van der Waals surface area contributed by atoms with Crippen LogP contribution in [0, 0.1) is 6.92 Å². The molecule has 5 nitrogen and oxygen atoms in total. The van der Waals surface area contributed by atoms with Gasteiger partial charge < -0.3 is 4.74 Å². The topological polar surface area (TPSA) is 72.5 Å². The highest BCUT2D eigenvalue weighted by molar-refractivity contribution is 7.93. The minimum absolute atomic E-state index is 0.00867. The van der Waals surface area contributed by atoms with Crippen LogP contribution in [0.5, 0.6) is 0 Å². The number of halogens is 2. The fourth-order valence-electron chi connectivity index (χ4n) is 2.55. The summed E-state index contributed by atoms with van der Waals surface area (Å²) in [6, 6.07) is 11.7. The average Bonchev–Trinajstić information content (AvgIpc) is 3.10. The number of hydrogen-bond acceptors (Lipinski definition) is 5. The first-order valence-electron chi connectivity index (χ1n) is 7.97. The Balaban J connectivity index is 2.14. The number of nitrogens with one attached hydrogen (secondary N) is 1. The Morgan fingerprint density at radius 2 is 1.75 bits per heavy atom. The van der Waals surface area contributed by atoms with Crippen LogP contribution in [0.3, 0.4) is 0 Å². The second kappa shape index (κ2) is 8.13. The fraction of sp³-hybridized carbons (Fsp3) is 0.105. The maximum absolute atomic E-state index is 13.2. The van der Waals surface area contributed by atoms with Crippen molar-refractivity contribution in [3.8, 4) is 11.1 Å². The quantitative estimate of drug-likeness (QED) is 0.506. The van der Waals surface area contributed by atoms with Crippen LogP contribution in [0.1, 0.15) is 15.2 Å². The van der Waals surface area contributed by atoms with Gasteiger partial charge in [-0.25, -0.2) is 13.2 Å². The number of ether oxygens (including phenoxy) is 1. The van der Waals surface area contributed by atoms with E-state index in [4.69, 9.17) is 27.9 Å². The van der Waals surface area contributed by atoms with Crippen LogP contribution < -0.4 is 4.72 Å². The molecule has 1 N–H and O–H groups in total. The first-order valence-corrected chi connectivity index (χ1v) is 11.1. The minimum Gasteiger partial charge on any atom is -0.465 e. The monoisotopic (exact) mass is 455 g/mol. The van der Waals surface area contributed by atoms with E-state index in [0.717, 1.165) is 16.9 Å². The number of anilines is 1. The third-order valence-corrected chi connectivity index (χ3v) is 7.21. The molecule has 9 heteroatoms. The highest BCUT2D eigenvalue weighted by Crippen LogP contribution is 2.37. The van der Waals surface area contributed by atoms with Gasteiger partial charge in [0.25, 0.3) is 10.0 Å². The van der Waals surface area contributed by atoms with E-state index in [1.54, 1.807) is 17.5 Å². The molecule has 0 amide bonds. The Morgan fingerprint density at radius 3 is 2.36 bits per heavy atom. The zero-order valence-electron chi connectivity index (χ0n) is 14.8. The Labute approximate surface area is 176 Å². The van der Waals surface area contributed by atoms with Crippen molar-refractivity contribution in [1.29, 1.82) is 0 Å². The normalized spacial score (nSPS) is 11.3. The molecule has 0 aliphatic carbocycles. The molecule has 1 aromatic heterocycles. The summed E-state index contributed by atoms with van der Waals surface area (Å²) in [6.07, 6.45) is 0. The van der Waals surface area contributed by atoms with Crippen molar-refractivity contribution in [2.75, 3.05) is 11.8 Å². The maximum atomic E-state index is 13.2. The molecule has 2 aromatic carbocycles. The minimum atomic E-state index is -4.12. The zero-order chi connectivity index (χ0) is 20.5. The molecule has 0 radical (unpaired) electrons. The predicted octanol–water partition coefficient (Wildman–Crippen LogP) is 5.62. The van der Waals surface area contributed by atoms with Crippen molar-refractivity contribution < 1.29 is 17.9 Å². The van der Waals surface area contributed by atoms with E-state index in [9.17, 15) is 13.2 Å². The van der Waals surface area contributed by atoms with Crippen molar-refractivity contribution in [2.45, 2.75) is 11.8 Å². The molecule has 0 aliphatic rings. The summed E-state index contributed by atoms with van der Waals surface area (Å²) in [6.45, 7) is 1.93. The molecular formula is C19H15Cl2NO4S2. The average molecular weight is 456 g/mol. The highest BCUT2D eigenvalue weighted by atomic mass is 35.5. The third-order valence-electron chi connectivity index (χ3n) is 3.92. The number of benzene rings is 2. The molecule has 0 saturated heterocycles. The molecule has 0 saturated carbocycles. The van der Waals surface area contributed by atoms with Gasteiger partial charge in [0.1, 0.15) is 9.77 Å². The lowest BCUT2D eigenvalue weighted by Crippen LogP contribution is -2.16. The SMILES string of the molecule is COC(=O)c1scc(-c2ccc(C)cc2)c1S(=O)(=O)Nc1ccc(Cl)c(Cl)c1. The molecule has 0 aliphatic heterocycles. The Morgan fingerprint density at radius 1 is 1.07 bits per heavy atom. The van der Waals surface area contributed by atoms with Crippen molar-refractivity contribution in [2.24, 2.45) is 0 Å². The number of carbonyl (C=O) groups is 1. The van der Waals surface area contributed by atoms with Crippen molar-refractivity contribution >= 4 is 56.2 Å². The Hall–Kier alpha value is -2.06. The maximum Gasteiger partial charge on any atom is 0.349 e. The van der Waals surface area contributed by atoms with Crippen LogP contribution in [0.25, 0.3) is 11.1 Å². The second-order valence-corrected chi connectivity index (χ2v) is 9.21. The summed E-state index contributed by atoms with van der Waals surface area (Å²) >= 11 is 12.9. The lowest BCUT2D eigenvalue weighted by atomic mass is 10.1. The van der Waals surface area contributed by atoms with E-state index in [1.165, 1.54) is 25.3 Å². The van der Waals surface area contributed by atoms with E-state index in [1.807, 2.05) is 19.1 Å². The molecule has 0 unspecified atom stereocenters. The first kappa shape index (κ1) is 20.7. The lowest BCUT2D eigenvalue weighted by molar-refractivity contribution is 0.0602. The summed E-state index contributed by atoms with van der Waals surface area (Å²) in [7, 11) is -2.91. The summed E-state index contributed by atoms with van der Waals surface area (Å²) in [4.78, 5) is 12.0. The van der Waals surface area contributed by atoms with Gasteiger partial charge in [0.05, 0.1) is 22.8 Å². The van der Waals surface area contributed by atoms with Gasteiger partial charge in [0, 0.05) is 10.9 Å². The number of methoxy groups -OCH3 is 1. The Bertz CT molecular complexity index is 1140. The van der Waals surface area contributed by atoms with Crippen LogP contribution in [0.4, 0.5) is 5.69 Å². The second-order valence-electron chi connectivity index (χ2n) is 5.90. The van der Waals surface area contributed by atoms with Gasteiger partial charge >= 0.3 is 5.97 Å². The van der Waals surface area contributed by atoms with Gasteiger partial charge in [-0.15, -0.1) is 11.3 Å². The summed E-state index contributed by atoms with van der Waals surface area (Å²) in [5.74, 6) is -0.724. The van der Waals surface area contributed by atoms with E-state index in [0.29, 0.717) is 16.1 Å². The van der Waals surface area contributed by atoms with Crippen molar-refractivity contribution in [3.05, 3.63) is 68.3 Å². The number of esters is 1. The number of rotatable bonds is 5. The molecule has 0 bridgehead atoms. The molecule has 0 spiro atoms. The van der Waals surface area contributed by atoms with E-state index in [2.05, 4.69) is 4.72 Å². The third kappa shape index (κ3) is 4.17. The molecule has 1 heterocycles. The number of hydrogen-bond donors (Lipinski definition) is 1. The van der Waals surface area contributed by atoms with Gasteiger partial charge in [0.2, 0.25) is 0 Å². The van der Waals surface area contributed by atoms with Crippen molar-refractivity contribution in [3.63, 3.8) is 0 Å². The number of sulfonamides is 1. The smallest absolute Gasteiger partial charge is 0.349 e. The molecular weight excluding hydrogens is 441 g/mol. The largest absolute Gasteiger partial charge is 0.465 e. The van der Waals surface area contributed by atoms with Gasteiger partial charge in [-0.1, -0.05) is 53.0 Å². The van der Waals surface area contributed by atoms with Crippen LogP contribution in [-0.2, 0) is 14.8 Å². The molecule has 3 aromatic rings. The molecule has 0 atom stereocenters. The number of thiophene rings is 1. The summed E-state index contributed by atoms with van der Waals surface area (Å²) < 4.78 is 33.6. The van der Waals surface area contributed by atoms with Crippen LogP contribution in [0.2, 0.25) is 10.0 Å². The van der Waals surface area contributed by atoms with Gasteiger partial charge in [0.15, 0.2) is 0 Å². The predicted molar refractivity (Wildman–Crippen MR) is 113 cm³/mol. The molecule has 28 heavy (non-hydrogen) atoms. The number of aryl methyl sites for hydroxylation is 1. The van der Waals surface area contributed by atoms with E-state index < -0.39 is 16.0 Å². The Kier molecular flexibility index (Phi) is 6.00. The molecule has 3 rings (SSSR count). The zero-order valence-corrected chi connectivity index (χ0v) is 18.0. The number of carbonyl (C=O) groups excluding carboxylic acids is 1. The van der Waals surface area contributed by atoms with Crippen LogP contribution >= 0.6 is 34.5 Å². The van der Waals surface area contributed by atoms with Crippen LogP contribution in [0.15, 0.2) is 52.7 Å². The van der Waals surface area contributed by atoms with Gasteiger partial charge in [-0.3, -0.25) is 4.72 Å². The lowest BCUT2D eigenvalue weighted by Gasteiger charge is -2.12. The fourth-order valence-corrected chi connectivity index (χ4v) is 5.61. The van der Waals surface area contributed by atoms with Crippen LogP contribution in [-0.4, -0.2) is 21.5 Å². The standard InChI is InChI=1S/C19H15Cl2NO4S2/c1-11-3-5-12(6-4-11)14-10-27-17(19(23)26-2)18(14)28(24,25)22-13-7-8-15(20)16(21)9-13/h3-10,22H,1-2H3. The van der Waals surface area contributed by atoms with E-state index >= 15 is 0 Å². The summed E-state index contributed by atoms with van der Waals surface area (Å²) in [5.41, 5.74) is 2.35. The molecule has 0 fully saturated rings. The van der Waals surface area contributed by atoms with Crippen molar-refractivity contribution in [1.82, 2.24) is 0 Å². The van der Waals surface area contributed by atoms with Gasteiger partial charge in [-0.2, -0.15) is 0 Å².